The third-order valence-corrected chi connectivity index (χ3v) is 4.32. The molecular formula is C15H14Br3NO. The molecule has 0 radical (unpaired) electrons. The first-order chi connectivity index (χ1) is 9.49. The number of halogens is 3. The van der Waals surface area contributed by atoms with E-state index < -0.39 is 0 Å². The van der Waals surface area contributed by atoms with Crippen LogP contribution in [0.15, 0.2) is 43.7 Å². The molecule has 106 valence electrons. The Hall–Kier alpha value is -0.520. The van der Waals surface area contributed by atoms with Crippen LogP contribution in [0.1, 0.15) is 11.1 Å². The summed E-state index contributed by atoms with van der Waals surface area (Å²) in [5.74, 6) is 0.854. The van der Waals surface area contributed by atoms with Gasteiger partial charge in [-0.25, -0.2) is 0 Å². The third kappa shape index (κ3) is 3.99. The molecule has 1 N–H and O–H groups in total. The van der Waals surface area contributed by atoms with Crippen molar-refractivity contribution in [2.24, 2.45) is 0 Å². The Morgan fingerprint density at radius 3 is 2.35 bits per heavy atom. The van der Waals surface area contributed by atoms with Crippen molar-refractivity contribution in [1.29, 1.82) is 0 Å². The summed E-state index contributed by atoms with van der Waals surface area (Å²) in [5, 5.41) is 3.42. The van der Waals surface area contributed by atoms with Crippen LogP contribution in [0.2, 0.25) is 0 Å². The van der Waals surface area contributed by atoms with Crippen molar-refractivity contribution in [3.63, 3.8) is 0 Å². The Bertz CT molecular complexity index is 609. The predicted molar refractivity (Wildman–Crippen MR) is 94.6 cm³/mol. The molecule has 0 aromatic heterocycles. The van der Waals surface area contributed by atoms with Gasteiger partial charge in [-0.1, -0.05) is 31.9 Å². The second kappa shape index (κ2) is 6.96. The fourth-order valence-corrected chi connectivity index (χ4v) is 4.09. The highest BCUT2D eigenvalue weighted by Crippen LogP contribution is 2.33. The molecule has 2 aromatic rings. The molecule has 0 aliphatic rings. The summed E-state index contributed by atoms with van der Waals surface area (Å²) < 4.78 is 8.48. The highest BCUT2D eigenvalue weighted by atomic mass is 79.9. The summed E-state index contributed by atoms with van der Waals surface area (Å²) in [6, 6.07) is 10.3. The van der Waals surface area contributed by atoms with Crippen LogP contribution in [0.5, 0.6) is 5.75 Å². The molecule has 0 bridgehead atoms. The molecule has 2 rings (SSSR count). The number of rotatable bonds is 4. The molecule has 0 unspecified atom stereocenters. The fraction of sp³-hybridized carbons (Fsp3) is 0.200. The van der Waals surface area contributed by atoms with E-state index in [-0.39, 0.29) is 0 Å². The molecule has 0 aliphatic carbocycles. The number of hydrogen-bond donors (Lipinski definition) is 1. The Morgan fingerprint density at radius 2 is 1.70 bits per heavy atom. The van der Waals surface area contributed by atoms with Crippen molar-refractivity contribution in [3.05, 3.63) is 54.9 Å². The van der Waals surface area contributed by atoms with Crippen LogP contribution in [-0.2, 0) is 6.54 Å². The van der Waals surface area contributed by atoms with Gasteiger partial charge >= 0.3 is 0 Å². The van der Waals surface area contributed by atoms with E-state index in [1.807, 2.05) is 6.07 Å². The number of methoxy groups -OCH3 is 1. The average Bonchev–Trinajstić information content (AvgIpc) is 2.34. The quantitative estimate of drug-likeness (QED) is 0.609. The van der Waals surface area contributed by atoms with E-state index in [1.54, 1.807) is 7.11 Å². The molecule has 2 nitrogen and oxygen atoms in total. The van der Waals surface area contributed by atoms with Crippen molar-refractivity contribution >= 4 is 53.5 Å². The van der Waals surface area contributed by atoms with Crippen LogP contribution in [0.3, 0.4) is 0 Å². The first-order valence-corrected chi connectivity index (χ1v) is 8.40. The summed E-state index contributed by atoms with van der Waals surface area (Å²) in [5.41, 5.74) is 3.38. The van der Waals surface area contributed by atoms with E-state index in [0.717, 1.165) is 30.4 Å². The van der Waals surface area contributed by atoms with Crippen LogP contribution in [0.4, 0.5) is 5.69 Å². The first kappa shape index (κ1) is 15.9. The zero-order chi connectivity index (χ0) is 14.7. The molecule has 0 spiro atoms. The van der Waals surface area contributed by atoms with Crippen LogP contribution in [-0.4, -0.2) is 7.11 Å². The number of hydrogen-bond acceptors (Lipinski definition) is 2. The van der Waals surface area contributed by atoms with Gasteiger partial charge in [0.2, 0.25) is 0 Å². The summed E-state index contributed by atoms with van der Waals surface area (Å²) in [4.78, 5) is 0. The van der Waals surface area contributed by atoms with Crippen LogP contribution < -0.4 is 10.1 Å². The van der Waals surface area contributed by atoms with Crippen molar-refractivity contribution in [1.82, 2.24) is 0 Å². The van der Waals surface area contributed by atoms with Gasteiger partial charge < -0.3 is 10.1 Å². The highest BCUT2D eigenvalue weighted by molar-refractivity contribution is 9.11. The molecule has 0 saturated heterocycles. The van der Waals surface area contributed by atoms with Crippen molar-refractivity contribution < 1.29 is 4.74 Å². The molecule has 0 amide bonds. The maximum absolute atomic E-state index is 5.45. The van der Waals surface area contributed by atoms with E-state index in [9.17, 15) is 0 Å². The SMILES string of the molecule is COc1c(Br)cc(Br)cc1CNc1cc(C)cc(Br)c1. The van der Waals surface area contributed by atoms with E-state index in [4.69, 9.17) is 4.74 Å². The minimum atomic E-state index is 0.692. The number of anilines is 1. The minimum Gasteiger partial charge on any atom is -0.495 e. The molecule has 2 aromatic carbocycles. The molecule has 5 heteroatoms. The van der Waals surface area contributed by atoms with Gasteiger partial charge in [0.15, 0.2) is 0 Å². The van der Waals surface area contributed by atoms with Crippen LogP contribution in [0, 0.1) is 6.92 Å². The van der Waals surface area contributed by atoms with Gasteiger partial charge in [-0.2, -0.15) is 0 Å². The molecule has 0 heterocycles. The average molecular weight is 464 g/mol. The Morgan fingerprint density at radius 1 is 1.00 bits per heavy atom. The van der Waals surface area contributed by atoms with Gasteiger partial charge in [0, 0.05) is 26.7 Å². The minimum absolute atomic E-state index is 0.692. The second-order valence-corrected chi connectivity index (χ2v) is 7.14. The molecular weight excluding hydrogens is 450 g/mol. The Kier molecular flexibility index (Phi) is 5.52. The second-order valence-electron chi connectivity index (χ2n) is 4.45. The number of aryl methyl sites for hydroxylation is 1. The van der Waals surface area contributed by atoms with Gasteiger partial charge in [-0.15, -0.1) is 0 Å². The van der Waals surface area contributed by atoms with Crippen LogP contribution >= 0.6 is 47.8 Å². The summed E-state index contributed by atoms with van der Waals surface area (Å²) >= 11 is 10.5. The standard InChI is InChI=1S/C15H14Br3NO/c1-9-3-11(16)6-13(4-9)19-8-10-5-12(17)7-14(18)15(10)20-2/h3-7,19H,8H2,1-2H3. The zero-order valence-electron chi connectivity index (χ0n) is 11.1. The predicted octanol–water partition coefficient (Wildman–Crippen LogP) is 5.90. The van der Waals surface area contributed by atoms with Gasteiger partial charge in [-0.3, -0.25) is 0 Å². The lowest BCUT2D eigenvalue weighted by Crippen LogP contribution is -2.02. The molecule has 0 aliphatic heterocycles. The van der Waals surface area contributed by atoms with Gasteiger partial charge in [0.05, 0.1) is 11.6 Å². The largest absolute Gasteiger partial charge is 0.495 e. The normalized spacial score (nSPS) is 10.4. The fourth-order valence-electron chi connectivity index (χ4n) is 2.01. The van der Waals surface area contributed by atoms with E-state index in [0.29, 0.717) is 6.54 Å². The summed E-state index contributed by atoms with van der Waals surface area (Å²) in [6.07, 6.45) is 0. The lowest BCUT2D eigenvalue weighted by molar-refractivity contribution is 0.407. The maximum Gasteiger partial charge on any atom is 0.138 e. The smallest absolute Gasteiger partial charge is 0.138 e. The molecule has 0 atom stereocenters. The van der Waals surface area contributed by atoms with E-state index in [2.05, 4.69) is 84.3 Å². The first-order valence-electron chi connectivity index (χ1n) is 6.02. The summed E-state index contributed by atoms with van der Waals surface area (Å²) in [7, 11) is 1.68. The zero-order valence-corrected chi connectivity index (χ0v) is 15.9. The highest BCUT2D eigenvalue weighted by Gasteiger charge is 2.09. The Labute approximate surface area is 144 Å². The monoisotopic (exact) mass is 461 g/mol. The van der Waals surface area contributed by atoms with Crippen molar-refractivity contribution in [2.45, 2.75) is 13.5 Å². The number of ether oxygens (including phenoxy) is 1. The lowest BCUT2D eigenvalue weighted by atomic mass is 10.2. The lowest BCUT2D eigenvalue weighted by Gasteiger charge is -2.13. The van der Waals surface area contributed by atoms with Gasteiger partial charge in [-0.05, 0) is 58.7 Å². The van der Waals surface area contributed by atoms with Crippen molar-refractivity contribution in [3.8, 4) is 5.75 Å². The van der Waals surface area contributed by atoms with E-state index in [1.165, 1.54) is 5.56 Å². The molecule has 0 fully saturated rings. The number of nitrogens with one attached hydrogen (secondary N) is 1. The van der Waals surface area contributed by atoms with Gasteiger partial charge in [0.1, 0.15) is 5.75 Å². The molecule has 20 heavy (non-hydrogen) atoms. The third-order valence-electron chi connectivity index (χ3n) is 2.81. The van der Waals surface area contributed by atoms with Crippen molar-refractivity contribution in [2.75, 3.05) is 12.4 Å². The Balaban J connectivity index is 2.22. The van der Waals surface area contributed by atoms with Crippen LogP contribution in [0.25, 0.3) is 0 Å². The topological polar surface area (TPSA) is 21.3 Å². The van der Waals surface area contributed by atoms with Gasteiger partial charge in [0.25, 0.3) is 0 Å². The maximum atomic E-state index is 5.45. The molecule has 0 saturated carbocycles. The summed E-state index contributed by atoms with van der Waals surface area (Å²) in [6.45, 7) is 2.77. The number of benzene rings is 2. The van der Waals surface area contributed by atoms with E-state index >= 15 is 0 Å².